The number of nitrogens with zero attached hydrogens (tertiary/aromatic N) is 3. The fraction of sp³-hybridized carbons (Fsp3) is 0.333. The first-order chi connectivity index (χ1) is 10.3. The summed E-state index contributed by atoms with van der Waals surface area (Å²) in [4.78, 5) is 4.15. The van der Waals surface area contributed by atoms with Gasteiger partial charge in [-0.25, -0.2) is 4.39 Å². The van der Waals surface area contributed by atoms with Gasteiger partial charge in [0.1, 0.15) is 5.82 Å². The number of nitrogens with one attached hydrogen (secondary N) is 2. The third kappa shape index (κ3) is 6.42. The highest BCUT2D eigenvalue weighted by atomic mass is 127. The Hall–Kier alpha value is -1.64. The lowest BCUT2D eigenvalue weighted by Crippen LogP contribution is -2.37. The highest BCUT2D eigenvalue weighted by molar-refractivity contribution is 14.0. The molecular weight excluding hydrogens is 396 g/mol. The SMILES string of the molecule is CN=C(NCCCn1cccn1)NCc1ccc(F)cc1.I. The van der Waals surface area contributed by atoms with E-state index in [-0.39, 0.29) is 29.8 Å². The Labute approximate surface area is 147 Å². The van der Waals surface area contributed by atoms with Gasteiger partial charge in [0, 0.05) is 39.1 Å². The Morgan fingerprint density at radius 2 is 2.05 bits per heavy atom. The zero-order valence-corrected chi connectivity index (χ0v) is 14.8. The molecule has 0 aliphatic rings. The van der Waals surface area contributed by atoms with Crippen LogP contribution in [0.5, 0.6) is 0 Å². The maximum atomic E-state index is 12.8. The van der Waals surface area contributed by atoms with Crippen LogP contribution in [-0.2, 0) is 13.1 Å². The Morgan fingerprint density at radius 1 is 1.27 bits per heavy atom. The number of guanidine groups is 1. The molecule has 0 atom stereocenters. The van der Waals surface area contributed by atoms with E-state index < -0.39 is 0 Å². The molecule has 120 valence electrons. The molecule has 0 amide bonds. The summed E-state index contributed by atoms with van der Waals surface area (Å²) in [7, 11) is 1.73. The van der Waals surface area contributed by atoms with Gasteiger partial charge >= 0.3 is 0 Å². The maximum absolute atomic E-state index is 12.8. The Kier molecular flexibility index (Phi) is 8.49. The number of aliphatic imine (C=N–C) groups is 1. The first-order valence-electron chi connectivity index (χ1n) is 6.94. The molecule has 0 spiro atoms. The summed E-state index contributed by atoms with van der Waals surface area (Å²) in [5, 5.41) is 10.6. The fourth-order valence-electron chi connectivity index (χ4n) is 1.89. The normalized spacial score (nSPS) is 10.9. The quantitative estimate of drug-likeness (QED) is 0.329. The Morgan fingerprint density at radius 3 is 2.68 bits per heavy atom. The number of aryl methyl sites for hydroxylation is 1. The lowest BCUT2D eigenvalue weighted by Gasteiger charge is -2.12. The molecule has 0 aliphatic heterocycles. The third-order valence-electron chi connectivity index (χ3n) is 3.01. The van der Waals surface area contributed by atoms with E-state index in [1.165, 1.54) is 12.1 Å². The molecule has 2 rings (SSSR count). The van der Waals surface area contributed by atoms with Gasteiger partial charge in [-0.3, -0.25) is 9.67 Å². The molecule has 0 bridgehead atoms. The fourth-order valence-corrected chi connectivity index (χ4v) is 1.89. The summed E-state index contributed by atoms with van der Waals surface area (Å²) < 4.78 is 14.7. The number of rotatable bonds is 6. The van der Waals surface area contributed by atoms with Crippen molar-refractivity contribution in [3.8, 4) is 0 Å². The van der Waals surface area contributed by atoms with Crippen LogP contribution in [0.3, 0.4) is 0 Å². The van der Waals surface area contributed by atoms with Gasteiger partial charge in [0.25, 0.3) is 0 Å². The average Bonchev–Trinajstić information content (AvgIpc) is 3.01. The zero-order valence-electron chi connectivity index (χ0n) is 12.5. The molecule has 0 saturated heterocycles. The van der Waals surface area contributed by atoms with Crippen LogP contribution in [-0.4, -0.2) is 29.3 Å². The standard InChI is InChI=1S/C15H20FN5.HI/c1-17-15(18-8-2-10-21-11-3-9-20-21)19-12-13-4-6-14(16)7-5-13;/h3-7,9,11H,2,8,10,12H2,1H3,(H2,17,18,19);1H. The molecule has 0 fully saturated rings. The minimum Gasteiger partial charge on any atom is -0.356 e. The molecule has 0 aliphatic carbocycles. The van der Waals surface area contributed by atoms with E-state index in [9.17, 15) is 4.39 Å². The third-order valence-corrected chi connectivity index (χ3v) is 3.01. The number of aromatic nitrogens is 2. The molecule has 1 aromatic carbocycles. The average molecular weight is 417 g/mol. The molecule has 2 aromatic rings. The first-order valence-corrected chi connectivity index (χ1v) is 6.94. The van der Waals surface area contributed by atoms with Crippen molar-refractivity contribution in [2.75, 3.05) is 13.6 Å². The number of hydrogen-bond acceptors (Lipinski definition) is 2. The van der Waals surface area contributed by atoms with Gasteiger partial charge < -0.3 is 10.6 Å². The van der Waals surface area contributed by atoms with Crippen molar-refractivity contribution in [3.63, 3.8) is 0 Å². The first kappa shape index (κ1) is 18.4. The molecule has 2 N–H and O–H groups in total. The van der Waals surface area contributed by atoms with Crippen molar-refractivity contribution in [3.05, 3.63) is 54.1 Å². The number of hydrogen-bond donors (Lipinski definition) is 2. The largest absolute Gasteiger partial charge is 0.356 e. The lowest BCUT2D eigenvalue weighted by molar-refractivity contribution is 0.570. The monoisotopic (exact) mass is 417 g/mol. The lowest BCUT2D eigenvalue weighted by atomic mass is 10.2. The Bertz CT molecular complexity index is 554. The molecule has 0 saturated carbocycles. The van der Waals surface area contributed by atoms with Crippen LogP contribution in [0.15, 0.2) is 47.7 Å². The van der Waals surface area contributed by atoms with Gasteiger partial charge in [0.15, 0.2) is 5.96 Å². The zero-order chi connectivity index (χ0) is 14.9. The highest BCUT2D eigenvalue weighted by Crippen LogP contribution is 2.01. The van der Waals surface area contributed by atoms with E-state index in [4.69, 9.17) is 0 Å². The van der Waals surface area contributed by atoms with E-state index in [2.05, 4.69) is 20.7 Å². The summed E-state index contributed by atoms with van der Waals surface area (Å²) in [5.74, 6) is 0.514. The molecular formula is C15H21FIN5. The molecule has 7 heteroatoms. The van der Waals surface area contributed by atoms with Crippen molar-refractivity contribution < 1.29 is 4.39 Å². The van der Waals surface area contributed by atoms with E-state index in [1.54, 1.807) is 25.4 Å². The van der Waals surface area contributed by atoms with E-state index in [0.717, 1.165) is 31.0 Å². The maximum Gasteiger partial charge on any atom is 0.191 e. The molecule has 22 heavy (non-hydrogen) atoms. The van der Waals surface area contributed by atoms with Gasteiger partial charge in [-0.2, -0.15) is 5.10 Å². The molecule has 5 nitrogen and oxygen atoms in total. The molecule has 0 radical (unpaired) electrons. The van der Waals surface area contributed by atoms with E-state index in [0.29, 0.717) is 6.54 Å². The summed E-state index contributed by atoms with van der Waals surface area (Å²) in [6.07, 6.45) is 4.68. The van der Waals surface area contributed by atoms with Gasteiger partial charge in [-0.1, -0.05) is 12.1 Å². The summed E-state index contributed by atoms with van der Waals surface area (Å²) in [6.45, 7) is 2.29. The number of benzene rings is 1. The summed E-state index contributed by atoms with van der Waals surface area (Å²) >= 11 is 0. The van der Waals surface area contributed by atoms with Crippen molar-refractivity contribution >= 4 is 29.9 Å². The van der Waals surface area contributed by atoms with Crippen LogP contribution in [0.25, 0.3) is 0 Å². The van der Waals surface area contributed by atoms with Crippen LogP contribution in [0.1, 0.15) is 12.0 Å². The van der Waals surface area contributed by atoms with Gasteiger partial charge in [-0.05, 0) is 30.2 Å². The van der Waals surface area contributed by atoms with Gasteiger partial charge in [-0.15, -0.1) is 24.0 Å². The predicted molar refractivity (Wildman–Crippen MR) is 96.9 cm³/mol. The topological polar surface area (TPSA) is 54.2 Å². The smallest absolute Gasteiger partial charge is 0.191 e. The van der Waals surface area contributed by atoms with E-state index >= 15 is 0 Å². The van der Waals surface area contributed by atoms with Crippen molar-refractivity contribution in [1.29, 1.82) is 0 Å². The summed E-state index contributed by atoms with van der Waals surface area (Å²) in [6, 6.07) is 8.34. The van der Waals surface area contributed by atoms with Crippen molar-refractivity contribution in [1.82, 2.24) is 20.4 Å². The second-order valence-corrected chi connectivity index (χ2v) is 4.60. The second kappa shape index (κ2) is 10.1. The highest BCUT2D eigenvalue weighted by Gasteiger charge is 1.99. The minimum atomic E-state index is -0.222. The van der Waals surface area contributed by atoms with Crippen LogP contribution in [0.4, 0.5) is 4.39 Å². The van der Waals surface area contributed by atoms with Gasteiger partial charge in [0.2, 0.25) is 0 Å². The van der Waals surface area contributed by atoms with Gasteiger partial charge in [0.05, 0.1) is 0 Å². The molecule has 0 unspecified atom stereocenters. The molecule has 1 aromatic heterocycles. The van der Waals surface area contributed by atoms with Crippen LogP contribution in [0, 0.1) is 5.82 Å². The second-order valence-electron chi connectivity index (χ2n) is 4.60. The van der Waals surface area contributed by atoms with Crippen molar-refractivity contribution in [2.24, 2.45) is 4.99 Å². The van der Waals surface area contributed by atoms with Crippen molar-refractivity contribution in [2.45, 2.75) is 19.5 Å². The predicted octanol–water partition coefficient (Wildman–Crippen LogP) is 2.40. The van der Waals surface area contributed by atoms with Crippen LogP contribution in [0.2, 0.25) is 0 Å². The molecule has 1 heterocycles. The summed E-state index contributed by atoms with van der Waals surface area (Å²) in [5.41, 5.74) is 1.01. The Balaban J connectivity index is 0.00000242. The minimum absolute atomic E-state index is 0. The van der Waals surface area contributed by atoms with Crippen LogP contribution >= 0.6 is 24.0 Å². The van der Waals surface area contributed by atoms with Crippen LogP contribution < -0.4 is 10.6 Å². The van der Waals surface area contributed by atoms with E-state index in [1.807, 2.05) is 16.9 Å². The number of halogens is 2.